The number of ether oxygens (including phenoxy) is 2. The Bertz CT molecular complexity index is 368. The van der Waals surface area contributed by atoms with E-state index >= 15 is 0 Å². The van der Waals surface area contributed by atoms with Crippen LogP contribution < -0.4 is 5.32 Å². The van der Waals surface area contributed by atoms with E-state index in [2.05, 4.69) is 36.5 Å². The number of hydrogen-bond donors (Lipinski definition) is 1. The minimum Gasteiger partial charge on any atom is -0.373 e. The predicted molar refractivity (Wildman–Crippen MR) is 65.7 cm³/mol. The minimum atomic E-state index is 0.244. The van der Waals surface area contributed by atoms with Crippen LogP contribution in [0.2, 0.25) is 0 Å². The van der Waals surface area contributed by atoms with Crippen LogP contribution in [-0.2, 0) is 16.0 Å². The Morgan fingerprint density at radius 2 is 1.88 bits per heavy atom. The zero-order valence-corrected chi connectivity index (χ0v) is 10.1. The van der Waals surface area contributed by atoms with Crippen molar-refractivity contribution in [3.05, 3.63) is 35.9 Å². The molecule has 2 aliphatic rings. The van der Waals surface area contributed by atoms with Gasteiger partial charge in [-0.1, -0.05) is 37.3 Å². The van der Waals surface area contributed by atoms with Crippen molar-refractivity contribution in [1.29, 1.82) is 0 Å². The maximum absolute atomic E-state index is 5.80. The van der Waals surface area contributed by atoms with Gasteiger partial charge in [0.05, 0.1) is 25.4 Å². The lowest BCUT2D eigenvalue weighted by Crippen LogP contribution is -2.40. The zero-order chi connectivity index (χ0) is 11.7. The Labute approximate surface area is 102 Å². The average Bonchev–Trinajstić information content (AvgIpc) is 2.92. The lowest BCUT2D eigenvalue weighted by Gasteiger charge is -2.17. The van der Waals surface area contributed by atoms with E-state index in [0.717, 1.165) is 19.8 Å². The first-order valence-electron chi connectivity index (χ1n) is 6.35. The molecule has 2 heterocycles. The van der Waals surface area contributed by atoms with Crippen LogP contribution >= 0.6 is 0 Å². The molecule has 3 nitrogen and oxygen atoms in total. The molecule has 1 N–H and O–H groups in total. The Balaban J connectivity index is 1.57. The van der Waals surface area contributed by atoms with E-state index in [1.807, 2.05) is 6.07 Å². The second-order valence-corrected chi connectivity index (χ2v) is 5.05. The highest BCUT2D eigenvalue weighted by atomic mass is 16.6. The summed E-state index contributed by atoms with van der Waals surface area (Å²) < 4.78 is 11.6. The molecule has 0 bridgehead atoms. The summed E-state index contributed by atoms with van der Waals surface area (Å²) in [5.74, 6) is 0.531. The van der Waals surface area contributed by atoms with Gasteiger partial charge in [-0.25, -0.2) is 0 Å². The molecule has 17 heavy (non-hydrogen) atoms. The highest BCUT2D eigenvalue weighted by Gasteiger charge is 2.45. The highest BCUT2D eigenvalue weighted by molar-refractivity contribution is 5.14. The van der Waals surface area contributed by atoms with E-state index in [1.54, 1.807) is 0 Å². The molecule has 0 amide bonds. The first kappa shape index (κ1) is 11.2. The summed E-state index contributed by atoms with van der Waals surface area (Å²) >= 11 is 0. The molecule has 0 aliphatic carbocycles. The number of rotatable bonds is 3. The molecule has 2 aliphatic heterocycles. The minimum absolute atomic E-state index is 0.244. The fourth-order valence-electron chi connectivity index (χ4n) is 2.71. The molecule has 1 aromatic carbocycles. The van der Waals surface area contributed by atoms with Crippen molar-refractivity contribution < 1.29 is 9.47 Å². The molecule has 0 saturated carbocycles. The molecule has 3 heteroatoms. The Morgan fingerprint density at radius 1 is 1.12 bits per heavy atom. The van der Waals surface area contributed by atoms with Crippen LogP contribution in [0, 0.1) is 5.92 Å². The van der Waals surface area contributed by atoms with Crippen molar-refractivity contribution in [3.8, 4) is 0 Å². The fourth-order valence-corrected chi connectivity index (χ4v) is 2.71. The van der Waals surface area contributed by atoms with E-state index in [-0.39, 0.29) is 6.10 Å². The fraction of sp³-hybridized carbons (Fsp3) is 0.571. The van der Waals surface area contributed by atoms with Crippen LogP contribution in [0.4, 0.5) is 0 Å². The topological polar surface area (TPSA) is 30.5 Å². The number of fused-ring (bicyclic) bond motifs is 1. The summed E-state index contributed by atoms with van der Waals surface area (Å²) in [6.07, 6.45) is 0.539. The molecule has 0 aromatic heterocycles. The second-order valence-electron chi connectivity index (χ2n) is 5.05. The summed E-state index contributed by atoms with van der Waals surface area (Å²) in [6, 6.07) is 10.8. The average molecular weight is 233 g/mol. The quantitative estimate of drug-likeness (QED) is 0.860. The third kappa shape index (κ3) is 2.23. The first-order chi connectivity index (χ1) is 8.34. The monoisotopic (exact) mass is 233 g/mol. The van der Waals surface area contributed by atoms with E-state index < -0.39 is 0 Å². The molecular weight excluding hydrogens is 214 g/mol. The van der Waals surface area contributed by atoms with Crippen molar-refractivity contribution >= 4 is 0 Å². The van der Waals surface area contributed by atoms with Gasteiger partial charge in [0.25, 0.3) is 0 Å². The second kappa shape index (κ2) is 4.77. The van der Waals surface area contributed by atoms with Crippen LogP contribution in [0.25, 0.3) is 0 Å². The van der Waals surface area contributed by atoms with Crippen molar-refractivity contribution in [3.63, 3.8) is 0 Å². The maximum Gasteiger partial charge on any atom is 0.101 e. The van der Waals surface area contributed by atoms with Gasteiger partial charge >= 0.3 is 0 Å². The highest BCUT2D eigenvalue weighted by Crippen LogP contribution is 2.30. The summed E-state index contributed by atoms with van der Waals surface area (Å²) in [5, 5.41) is 3.54. The van der Waals surface area contributed by atoms with Gasteiger partial charge in [-0.05, 0) is 5.56 Å². The number of hydrogen-bond acceptors (Lipinski definition) is 3. The van der Waals surface area contributed by atoms with Gasteiger partial charge in [-0.15, -0.1) is 0 Å². The molecule has 2 fully saturated rings. The SMILES string of the molecule is C[C@H]1COC2C1OC[C@@H]2NCc1ccccc1. The molecule has 2 unspecified atom stereocenters. The third-order valence-corrected chi connectivity index (χ3v) is 3.71. The molecule has 0 spiro atoms. The standard InChI is InChI=1S/C14H19NO2/c1-10-8-16-14-12(9-17-13(10)14)15-7-11-5-3-2-4-6-11/h2-6,10,12-15H,7-9H2,1H3/t10-,12-,13?,14?/m0/s1. The van der Waals surface area contributed by atoms with Crippen molar-refractivity contribution in [1.82, 2.24) is 5.32 Å². The van der Waals surface area contributed by atoms with Crippen molar-refractivity contribution in [2.45, 2.75) is 31.7 Å². The zero-order valence-electron chi connectivity index (χ0n) is 10.1. The summed E-state index contributed by atoms with van der Waals surface area (Å²) in [4.78, 5) is 0. The van der Waals surface area contributed by atoms with Crippen LogP contribution in [0.15, 0.2) is 30.3 Å². The smallest absolute Gasteiger partial charge is 0.101 e. The molecule has 2 saturated heterocycles. The van der Waals surface area contributed by atoms with Gasteiger partial charge in [0.2, 0.25) is 0 Å². The van der Waals surface area contributed by atoms with Crippen LogP contribution in [0.3, 0.4) is 0 Å². The molecule has 4 atom stereocenters. The van der Waals surface area contributed by atoms with E-state index in [0.29, 0.717) is 18.1 Å². The Hall–Kier alpha value is -0.900. The van der Waals surface area contributed by atoms with E-state index in [1.165, 1.54) is 5.56 Å². The number of benzene rings is 1. The van der Waals surface area contributed by atoms with Gasteiger partial charge in [0, 0.05) is 12.5 Å². The lowest BCUT2D eigenvalue weighted by atomic mass is 10.0. The molecular formula is C14H19NO2. The van der Waals surface area contributed by atoms with E-state index in [9.17, 15) is 0 Å². The molecule has 0 radical (unpaired) electrons. The van der Waals surface area contributed by atoms with Crippen LogP contribution in [-0.4, -0.2) is 31.5 Å². The maximum atomic E-state index is 5.80. The van der Waals surface area contributed by atoms with Crippen LogP contribution in [0.5, 0.6) is 0 Å². The van der Waals surface area contributed by atoms with Crippen molar-refractivity contribution in [2.24, 2.45) is 5.92 Å². The lowest BCUT2D eigenvalue weighted by molar-refractivity contribution is 0.0638. The Morgan fingerprint density at radius 3 is 2.71 bits per heavy atom. The van der Waals surface area contributed by atoms with Gasteiger partial charge in [-0.2, -0.15) is 0 Å². The third-order valence-electron chi connectivity index (χ3n) is 3.71. The molecule has 92 valence electrons. The summed E-state index contributed by atoms with van der Waals surface area (Å²) in [6.45, 7) is 4.69. The van der Waals surface area contributed by atoms with Gasteiger partial charge in [0.15, 0.2) is 0 Å². The van der Waals surface area contributed by atoms with Gasteiger partial charge < -0.3 is 14.8 Å². The normalized spacial score (nSPS) is 36.1. The van der Waals surface area contributed by atoms with Gasteiger partial charge in [0.1, 0.15) is 6.10 Å². The number of nitrogens with one attached hydrogen (secondary N) is 1. The largest absolute Gasteiger partial charge is 0.373 e. The summed E-state index contributed by atoms with van der Waals surface area (Å²) in [5.41, 5.74) is 1.31. The Kier molecular flexibility index (Phi) is 3.14. The molecule has 3 rings (SSSR count). The van der Waals surface area contributed by atoms with Gasteiger partial charge in [-0.3, -0.25) is 0 Å². The predicted octanol–water partition coefficient (Wildman–Crippen LogP) is 1.58. The summed E-state index contributed by atoms with van der Waals surface area (Å²) in [7, 11) is 0. The van der Waals surface area contributed by atoms with Crippen LogP contribution in [0.1, 0.15) is 12.5 Å². The van der Waals surface area contributed by atoms with Crippen molar-refractivity contribution in [2.75, 3.05) is 13.2 Å². The first-order valence-corrected chi connectivity index (χ1v) is 6.35. The van der Waals surface area contributed by atoms with E-state index in [4.69, 9.17) is 9.47 Å². The molecule has 1 aromatic rings.